The normalized spacial score (nSPS) is 15.5. The van der Waals surface area contributed by atoms with Crippen molar-refractivity contribution in [2.75, 3.05) is 22.6 Å². The number of rotatable bonds is 8. The van der Waals surface area contributed by atoms with Crippen LogP contribution >= 0.6 is 0 Å². The van der Waals surface area contributed by atoms with Gasteiger partial charge in [-0.05, 0) is 18.4 Å². The molecule has 3 aromatic rings. The molecule has 0 saturated heterocycles. The molecule has 3 aromatic heterocycles. The summed E-state index contributed by atoms with van der Waals surface area (Å²) in [5.41, 5.74) is 3.01. The highest BCUT2D eigenvalue weighted by Crippen LogP contribution is 2.34. The van der Waals surface area contributed by atoms with Crippen LogP contribution in [0.25, 0.3) is 0 Å². The van der Waals surface area contributed by atoms with Crippen LogP contribution in [0.4, 0.5) is 26.2 Å². The molecule has 4 rings (SSSR count). The third-order valence-corrected chi connectivity index (χ3v) is 5.46. The summed E-state index contributed by atoms with van der Waals surface area (Å²) in [6.45, 7) is 3.80. The van der Waals surface area contributed by atoms with E-state index in [4.69, 9.17) is 0 Å². The van der Waals surface area contributed by atoms with Gasteiger partial charge in [0.25, 0.3) is 0 Å². The molecule has 0 aliphatic carbocycles. The smallest absolute Gasteiger partial charge is 0.388 e. The Hall–Kier alpha value is -3.83. The Bertz CT molecular complexity index is 1170. The van der Waals surface area contributed by atoms with Crippen LogP contribution in [-0.4, -0.2) is 50.3 Å². The van der Waals surface area contributed by atoms with Gasteiger partial charge in [-0.1, -0.05) is 19.9 Å². The zero-order chi connectivity index (χ0) is 24.4. The average molecular weight is 473 g/mol. The van der Waals surface area contributed by atoms with Gasteiger partial charge in [-0.25, -0.2) is 9.97 Å². The van der Waals surface area contributed by atoms with Crippen LogP contribution in [0.15, 0.2) is 30.7 Å². The number of hydrogen-bond donors (Lipinski definition) is 2. The molecule has 1 atom stereocenters. The van der Waals surface area contributed by atoms with Gasteiger partial charge in [0.1, 0.15) is 11.7 Å². The minimum Gasteiger partial charge on any atom is -0.417 e. The number of pyridine rings is 1. The van der Waals surface area contributed by atoms with Crippen molar-refractivity contribution in [2.45, 2.75) is 46.5 Å². The van der Waals surface area contributed by atoms with E-state index in [2.05, 4.69) is 35.4 Å². The molecular weight excluding hydrogens is 446 g/mol. The molecule has 34 heavy (non-hydrogen) atoms. The lowest BCUT2D eigenvalue weighted by Gasteiger charge is -2.36. The summed E-state index contributed by atoms with van der Waals surface area (Å²) < 4.78 is 30.5. The van der Waals surface area contributed by atoms with Crippen LogP contribution in [-0.2, 0) is 17.9 Å². The summed E-state index contributed by atoms with van der Waals surface area (Å²) in [5.74, 6) is 1.06. The van der Waals surface area contributed by atoms with Gasteiger partial charge in [0.2, 0.25) is 17.7 Å². The Labute approximate surface area is 195 Å². The van der Waals surface area contributed by atoms with Crippen LogP contribution in [0, 0.1) is 12.8 Å². The molecule has 10 nitrogen and oxygen atoms in total. The van der Waals surface area contributed by atoms with E-state index in [1.807, 2.05) is 38.9 Å². The van der Waals surface area contributed by atoms with Gasteiger partial charge < -0.3 is 20.3 Å². The number of aryl methyl sites for hydroxylation is 1. The van der Waals surface area contributed by atoms with Crippen molar-refractivity contribution in [1.29, 1.82) is 0 Å². The summed E-state index contributed by atoms with van der Waals surface area (Å²) in [7, 11) is 1.86. The molecule has 1 aliphatic heterocycles. The van der Waals surface area contributed by atoms with Crippen molar-refractivity contribution in [3.63, 3.8) is 0 Å². The highest BCUT2D eigenvalue weighted by atomic mass is 19.3. The van der Waals surface area contributed by atoms with Gasteiger partial charge in [-0.3, -0.25) is 9.48 Å². The molecule has 180 valence electrons. The summed E-state index contributed by atoms with van der Waals surface area (Å²) in [6.07, 6.45) is 5.06. The fourth-order valence-electron chi connectivity index (χ4n) is 3.91. The van der Waals surface area contributed by atoms with E-state index >= 15 is 0 Å². The second-order valence-corrected chi connectivity index (χ2v) is 8.40. The number of hydrogen-bond acceptors (Lipinski definition) is 8. The number of alkyl halides is 2. The molecule has 0 saturated carbocycles. The third-order valence-electron chi connectivity index (χ3n) is 5.46. The molecular formula is C22H26F2N8O2. The number of ether oxygens (including phenoxy) is 1. The molecule has 4 heterocycles. The number of aromatic nitrogens is 5. The minimum absolute atomic E-state index is 0.0591. The fourth-order valence-corrected chi connectivity index (χ4v) is 3.91. The average Bonchev–Trinajstić information content (AvgIpc) is 3.21. The number of amides is 1. The first-order valence-electron chi connectivity index (χ1n) is 10.8. The molecule has 2 N–H and O–H groups in total. The van der Waals surface area contributed by atoms with Crippen molar-refractivity contribution >= 4 is 23.4 Å². The predicted molar refractivity (Wildman–Crippen MR) is 122 cm³/mol. The second kappa shape index (κ2) is 9.57. The highest BCUT2D eigenvalue weighted by Gasteiger charge is 2.35. The maximum Gasteiger partial charge on any atom is 0.388 e. The first-order valence-corrected chi connectivity index (χ1v) is 10.8. The van der Waals surface area contributed by atoms with Crippen molar-refractivity contribution in [3.05, 3.63) is 47.5 Å². The largest absolute Gasteiger partial charge is 0.417 e. The summed E-state index contributed by atoms with van der Waals surface area (Å²) in [5, 5.41) is 10.5. The number of likely N-dealkylation sites (N-methyl/N-ethyl adjacent to an activating group) is 1. The Balaban J connectivity index is 1.41. The highest BCUT2D eigenvalue weighted by molar-refractivity contribution is 6.03. The van der Waals surface area contributed by atoms with E-state index in [1.54, 1.807) is 16.9 Å². The zero-order valence-electron chi connectivity index (χ0n) is 19.3. The van der Waals surface area contributed by atoms with E-state index in [0.29, 0.717) is 36.2 Å². The molecule has 12 heteroatoms. The van der Waals surface area contributed by atoms with Gasteiger partial charge in [0, 0.05) is 37.6 Å². The van der Waals surface area contributed by atoms with Crippen LogP contribution in [0.3, 0.4) is 0 Å². The molecule has 0 spiro atoms. The SMILES string of the molecule is Cc1nc(NCc2cnn(Cc3ccc(OC(F)F)nc3)c2)nc2c1NC(=O)C(C(C)C)N2C. The predicted octanol–water partition coefficient (Wildman–Crippen LogP) is 3.05. The number of nitrogens with zero attached hydrogens (tertiary/aromatic N) is 6. The fraction of sp³-hybridized carbons (Fsp3) is 0.409. The Morgan fingerprint density at radius 3 is 2.68 bits per heavy atom. The quantitative estimate of drug-likeness (QED) is 0.515. The molecule has 0 fully saturated rings. The van der Waals surface area contributed by atoms with Crippen LogP contribution in [0.5, 0.6) is 5.88 Å². The lowest BCUT2D eigenvalue weighted by molar-refractivity contribution is -0.118. The van der Waals surface area contributed by atoms with E-state index < -0.39 is 6.61 Å². The molecule has 1 aliphatic rings. The first-order chi connectivity index (χ1) is 16.2. The minimum atomic E-state index is -2.90. The van der Waals surface area contributed by atoms with Crippen LogP contribution in [0.1, 0.15) is 30.7 Å². The Morgan fingerprint density at radius 2 is 2.00 bits per heavy atom. The lowest BCUT2D eigenvalue weighted by Crippen LogP contribution is -2.49. The van der Waals surface area contributed by atoms with Gasteiger partial charge in [0.05, 0.1) is 18.4 Å². The molecule has 0 bridgehead atoms. The topological polar surface area (TPSA) is 110 Å². The van der Waals surface area contributed by atoms with Gasteiger partial charge in [-0.15, -0.1) is 0 Å². The molecule has 0 radical (unpaired) electrons. The number of carbonyl (C=O) groups is 1. The molecule has 0 aromatic carbocycles. The zero-order valence-corrected chi connectivity index (χ0v) is 19.3. The number of carbonyl (C=O) groups excluding carboxylic acids is 1. The lowest BCUT2D eigenvalue weighted by atomic mass is 9.99. The third kappa shape index (κ3) is 5.05. The van der Waals surface area contributed by atoms with Crippen molar-refractivity contribution in [2.24, 2.45) is 5.92 Å². The van der Waals surface area contributed by atoms with Gasteiger partial charge in [0.15, 0.2) is 5.82 Å². The monoisotopic (exact) mass is 472 g/mol. The Kier molecular flexibility index (Phi) is 6.57. The van der Waals surface area contributed by atoms with Gasteiger partial charge >= 0.3 is 6.61 Å². The summed E-state index contributed by atoms with van der Waals surface area (Å²) in [6, 6.07) is 2.75. The number of anilines is 3. The van der Waals surface area contributed by atoms with Gasteiger partial charge in [-0.2, -0.15) is 18.9 Å². The summed E-state index contributed by atoms with van der Waals surface area (Å²) in [4.78, 5) is 27.3. The summed E-state index contributed by atoms with van der Waals surface area (Å²) >= 11 is 0. The van der Waals surface area contributed by atoms with E-state index in [1.165, 1.54) is 12.3 Å². The van der Waals surface area contributed by atoms with Crippen molar-refractivity contribution in [1.82, 2.24) is 24.7 Å². The number of halogens is 2. The number of fused-ring (bicyclic) bond motifs is 1. The van der Waals surface area contributed by atoms with E-state index in [9.17, 15) is 13.6 Å². The maximum absolute atomic E-state index is 12.5. The maximum atomic E-state index is 12.5. The van der Waals surface area contributed by atoms with E-state index in [0.717, 1.165) is 11.1 Å². The first kappa shape index (κ1) is 23.3. The molecule has 1 amide bonds. The van der Waals surface area contributed by atoms with Crippen LogP contribution < -0.4 is 20.3 Å². The number of nitrogens with one attached hydrogen (secondary N) is 2. The second-order valence-electron chi connectivity index (χ2n) is 8.40. The van der Waals surface area contributed by atoms with Crippen molar-refractivity contribution in [3.8, 4) is 5.88 Å². The van der Waals surface area contributed by atoms with E-state index in [-0.39, 0.29) is 23.7 Å². The van der Waals surface area contributed by atoms with Crippen LogP contribution in [0.2, 0.25) is 0 Å². The standard InChI is InChI=1S/C22H26F2N8O2/c1-12(2)18-20(33)29-17-13(3)28-22(30-19(17)31(18)4)26-8-15-9-27-32(11-15)10-14-5-6-16(25-7-14)34-21(23)24/h5-7,9,11-12,18,21H,8,10H2,1-4H3,(H,29,33)(H,26,28,30). The Morgan fingerprint density at radius 1 is 1.21 bits per heavy atom. The molecule has 1 unspecified atom stereocenters. The van der Waals surface area contributed by atoms with Crippen molar-refractivity contribution < 1.29 is 18.3 Å².